The molecule has 0 bridgehead atoms. The fraction of sp³-hybridized carbons (Fsp3) is 1.00. The van der Waals surface area contributed by atoms with Crippen LogP contribution >= 0.6 is 0 Å². The Morgan fingerprint density at radius 1 is 1.00 bits per heavy atom. The topological polar surface area (TPSA) is 0 Å². The van der Waals surface area contributed by atoms with Gasteiger partial charge in [0.05, 0.1) is 0 Å². The first kappa shape index (κ1) is 12.0. The van der Waals surface area contributed by atoms with Crippen LogP contribution in [0.1, 0.15) is 20.8 Å². The quantitative estimate of drug-likeness (QED) is 0.592. The monoisotopic (exact) mass is 198 g/mol. The highest BCUT2D eigenvalue weighted by Gasteiger charge is 2.51. The Morgan fingerprint density at radius 3 is 1.42 bits per heavy atom. The van der Waals surface area contributed by atoms with Crippen LogP contribution in [-0.2, 0) is 0 Å². The van der Waals surface area contributed by atoms with Crippen molar-refractivity contribution in [3.05, 3.63) is 0 Å². The highest BCUT2D eigenvalue weighted by Crippen LogP contribution is 2.36. The summed E-state index contributed by atoms with van der Waals surface area (Å²) < 4.78 is 38.4. The fourth-order valence-electron chi connectivity index (χ4n) is 1.67. The Labute approximate surface area is 73.2 Å². The maximum absolute atomic E-state index is 13.2. The van der Waals surface area contributed by atoms with Gasteiger partial charge >= 0.3 is 0 Å². The van der Waals surface area contributed by atoms with E-state index < -0.39 is 20.3 Å². The average molecular weight is 198 g/mol. The van der Waals surface area contributed by atoms with Gasteiger partial charge in [0.1, 0.15) is 14.7 Å². The zero-order chi connectivity index (χ0) is 9.83. The first-order valence-corrected chi connectivity index (χ1v) is 7.05. The summed E-state index contributed by atoms with van der Waals surface area (Å²) in [5.41, 5.74) is -3.02. The Morgan fingerprint density at radius 2 is 1.33 bits per heavy atom. The van der Waals surface area contributed by atoms with Gasteiger partial charge in [-0.2, -0.15) is 0 Å². The molecule has 0 N–H and O–H groups in total. The molecule has 0 aliphatic rings. The van der Waals surface area contributed by atoms with E-state index in [1.807, 2.05) is 0 Å². The summed E-state index contributed by atoms with van der Waals surface area (Å²) in [7, 11) is -2.65. The van der Waals surface area contributed by atoms with Crippen LogP contribution in [0, 0.1) is 0 Å². The van der Waals surface area contributed by atoms with Crippen molar-refractivity contribution in [2.75, 3.05) is 6.67 Å². The van der Waals surface area contributed by atoms with Gasteiger partial charge in [-0.25, -0.2) is 13.2 Å². The maximum Gasteiger partial charge on any atom is 0.257 e. The van der Waals surface area contributed by atoms with Crippen LogP contribution in [0.15, 0.2) is 0 Å². The van der Waals surface area contributed by atoms with Gasteiger partial charge in [-0.3, -0.25) is 0 Å². The van der Waals surface area contributed by atoms with Crippen LogP contribution < -0.4 is 0 Å². The number of hydrogen-bond acceptors (Lipinski definition) is 0. The first-order chi connectivity index (χ1) is 5.49. The molecule has 0 spiro atoms. The van der Waals surface area contributed by atoms with Gasteiger partial charge in [-0.05, 0) is 0 Å². The molecule has 0 heterocycles. The van der Waals surface area contributed by atoms with E-state index in [1.54, 1.807) is 20.8 Å². The van der Waals surface area contributed by atoms with Gasteiger partial charge in [-0.15, -0.1) is 0 Å². The molecule has 0 amide bonds. The van der Waals surface area contributed by atoms with Crippen LogP contribution in [0.25, 0.3) is 0 Å². The van der Waals surface area contributed by atoms with Crippen LogP contribution in [0.3, 0.4) is 0 Å². The molecule has 0 aromatic heterocycles. The third-order valence-electron chi connectivity index (χ3n) is 2.97. The lowest BCUT2D eigenvalue weighted by Crippen LogP contribution is -2.53. The Hall–Kier alpha value is 0.00688. The van der Waals surface area contributed by atoms with Crippen LogP contribution in [0.5, 0.6) is 0 Å². The number of alkyl halides is 3. The molecular formula is C8H17F3Si. The molecule has 74 valence electrons. The summed E-state index contributed by atoms with van der Waals surface area (Å²) >= 11 is 0. The summed E-state index contributed by atoms with van der Waals surface area (Å²) in [5.74, 6) is 0. The molecule has 0 aromatic rings. The summed E-state index contributed by atoms with van der Waals surface area (Å²) in [6.07, 6.45) is 0. The SMILES string of the molecule is CC[Si](CC)(CC)C(F)(F)CF. The second-order valence-corrected chi connectivity index (χ2v) is 8.59. The van der Waals surface area contributed by atoms with E-state index in [2.05, 4.69) is 0 Å². The summed E-state index contributed by atoms with van der Waals surface area (Å²) in [5, 5.41) is 0. The maximum atomic E-state index is 13.2. The molecule has 0 aliphatic heterocycles. The molecule has 0 aliphatic carbocycles. The fourth-order valence-corrected chi connectivity index (χ4v) is 5.00. The van der Waals surface area contributed by atoms with Crippen LogP contribution in [-0.4, -0.2) is 20.3 Å². The molecule has 0 rings (SSSR count). The minimum atomic E-state index is -3.02. The van der Waals surface area contributed by atoms with Crippen molar-refractivity contribution in [3.8, 4) is 0 Å². The molecular weight excluding hydrogens is 181 g/mol. The van der Waals surface area contributed by atoms with Crippen molar-refractivity contribution < 1.29 is 13.2 Å². The molecule has 0 nitrogen and oxygen atoms in total. The Balaban J connectivity index is 4.69. The van der Waals surface area contributed by atoms with E-state index in [0.717, 1.165) is 0 Å². The van der Waals surface area contributed by atoms with E-state index in [0.29, 0.717) is 18.1 Å². The van der Waals surface area contributed by atoms with Crippen molar-refractivity contribution in [1.29, 1.82) is 0 Å². The van der Waals surface area contributed by atoms with E-state index in [4.69, 9.17) is 0 Å². The van der Waals surface area contributed by atoms with Gasteiger partial charge in [0.2, 0.25) is 0 Å². The second kappa shape index (κ2) is 4.30. The van der Waals surface area contributed by atoms with Crippen LogP contribution in [0.4, 0.5) is 13.2 Å². The van der Waals surface area contributed by atoms with Crippen molar-refractivity contribution >= 4 is 8.07 Å². The average Bonchev–Trinajstić information content (AvgIpc) is 2.08. The molecule has 0 radical (unpaired) electrons. The number of rotatable bonds is 5. The molecule has 0 saturated heterocycles. The molecule has 0 saturated carbocycles. The predicted octanol–water partition coefficient (Wildman–Crippen LogP) is 3.64. The Bertz CT molecular complexity index is 124. The van der Waals surface area contributed by atoms with Crippen molar-refractivity contribution in [2.24, 2.45) is 0 Å². The van der Waals surface area contributed by atoms with Crippen molar-refractivity contribution in [2.45, 2.75) is 44.4 Å². The third kappa shape index (κ3) is 1.84. The minimum Gasteiger partial charge on any atom is -0.245 e. The smallest absolute Gasteiger partial charge is 0.245 e. The zero-order valence-corrected chi connectivity index (χ0v) is 8.96. The van der Waals surface area contributed by atoms with Gasteiger partial charge < -0.3 is 0 Å². The zero-order valence-electron chi connectivity index (χ0n) is 7.96. The molecule has 4 heteroatoms. The Kier molecular flexibility index (Phi) is 4.30. The van der Waals surface area contributed by atoms with Gasteiger partial charge in [0.25, 0.3) is 5.55 Å². The van der Waals surface area contributed by atoms with Gasteiger partial charge in [0, 0.05) is 0 Å². The largest absolute Gasteiger partial charge is 0.257 e. The van der Waals surface area contributed by atoms with Gasteiger partial charge in [0.15, 0.2) is 0 Å². The van der Waals surface area contributed by atoms with E-state index in [9.17, 15) is 13.2 Å². The number of halogens is 3. The second-order valence-electron chi connectivity index (χ2n) is 3.18. The van der Waals surface area contributed by atoms with E-state index in [-0.39, 0.29) is 0 Å². The van der Waals surface area contributed by atoms with Crippen molar-refractivity contribution in [1.82, 2.24) is 0 Å². The van der Waals surface area contributed by atoms with Crippen LogP contribution in [0.2, 0.25) is 18.1 Å². The number of hydrogen-bond donors (Lipinski definition) is 0. The molecule has 0 atom stereocenters. The normalized spacial score (nSPS) is 13.5. The molecule has 0 unspecified atom stereocenters. The minimum absolute atomic E-state index is 0.469. The highest BCUT2D eigenvalue weighted by molar-refractivity contribution is 6.82. The molecule has 0 fully saturated rings. The van der Waals surface area contributed by atoms with E-state index >= 15 is 0 Å². The molecule has 0 aromatic carbocycles. The lowest BCUT2D eigenvalue weighted by Gasteiger charge is -2.34. The van der Waals surface area contributed by atoms with Crippen molar-refractivity contribution in [3.63, 3.8) is 0 Å². The summed E-state index contributed by atoms with van der Waals surface area (Å²) in [6.45, 7) is 3.78. The standard InChI is InChI=1S/C8H17F3Si/c1-4-12(5-2,6-3)8(10,11)7-9/h4-7H2,1-3H3. The van der Waals surface area contributed by atoms with E-state index in [1.165, 1.54) is 0 Å². The summed E-state index contributed by atoms with van der Waals surface area (Å²) in [6, 6.07) is 1.41. The third-order valence-corrected chi connectivity index (χ3v) is 8.72. The van der Waals surface area contributed by atoms with Gasteiger partial charge in [-0.1, -0.05) is 38.9 Å². The first-order valence-electron chi connectivity index (χ1n) is 4.43. The lowest BCUT2D eigenvalue weighted by molar-refractivity contribution is 0.0489. The predicted molar refractivity (Wildman–Crippen MR) is 48.1 cm³/mol. The highest BCUT2D eigenvalue weighted by atomic mass is 28.3. The lowest BCUT2D eigenvalue weighted by atomic mass is 10.8. The summed E-state index contributed by atoms with van der Waals surface area (Å²) in [4.78, 5) is 0. The molecule has 12 heavy (non-hydrogen) atoms.